The van der Waals surface area contributed by atoms with Crippen molar-refractivity contribution in [3.63, 3.8) is 0 Å². The minimum atomic E-state index is 0.313. The van der Waals surface area contributed by atoms with E-state index in [4.69, 9.17) is 0 Å². The van der Waals surface area contributed by atoms with Gasteiger partial charge in [0.2, 0.25) is 0 Å². The normalized spacial score (nSPS) is 45.0. The molecule has 0 aromatic carbocycles. The highest BCUT2D eigenvalue weighted by Crippen LogP contribution is 2.63. The molecule has 3 rings (SSSR count). The fourth-order valence-corrected chi connectivity index (χ4v) is 3.75. The van der Waals surface area contributed by atoms with Crippen LogP contribution in [0.15, 0.2) is 24.3 Å². The lowest BCUT2D eigenvalue weighted by Gasteiger charge is -2.48. The van der Waals surface area contributed by atoms with Gasteiger partial charge in [-0.2, -0.15) is 0 Å². The Morgan fingerprint density at radius 2 is 1.14 bits per heavy atom. The van der Waals surface area contributed by atoms with Crippen molar-refractivity contribution in [1.29, 1.82) is 0 Å². The van der Waals surface area contributed by atoms with Gasteiger partial charge in [-0.05, 0) is 36.5 Å². The topological polar surface area (TPSA) is 17.1 Å². The quantitative estimate of drug-likeness (QED) is 0.534. The SMILES string of the molecule is O=C1CC23CC=CCC2(CC=CC3)C1. The average molecular weight is 188 g/mol. The van der Waals surface area contributed by atoms with Crippen molar-refractivity contribution in [1.82, 2.24) is 0 Å². The van der Waals surface area contributed by atoms with Crippen LogP contribution < -0.4 is 0 Å². The first-order valence-electron chi connectivity index (χ1n) is 5.58. The van der Waals surface area contributed by atoms with Gasteiger partial charge in [0, 0.05) is 12.8 Å². The van der Waals surface area contributed by atoms with Crippen molar-refractivity contribution in [3.8, 4) is 0 Å². The van der Waals surface area contributed by atoms with Crippen LogP contribution in [0.5, 0.6) is 0 Å². The lowest BCUT2D eigenvalue weighted by Crippen LogP contribution is -2.39. The standard InChI is InChI=1S/C13H16O/c14-11-9-12-5-1-2-6-13(12,10-11)8-4-3-7-12/h1-4H,5-10H2. The molecule has 0 radical (unpaired) electrons. The van der Waals surface area contributed by atoms with Crippen molar-refractivity contribution in [3.05, 3.63) is 24.3 Å². The summed E-state index contributed by atoms with van der Waals surface area (Å²) in [7, 11) is 0. The van der Waals surface area contributed by atoms with E-state index in [1.54, 1.807) is 0 Å². The summed E-state index contributed by atoms with van der Waals surface area (Å²) in [6.45, 7) is 0. The average Bonchev–Trinajstić information content (AvgIpc) is 2.48. The van der Waals surface area contributed by atoms with Crippen molar-refractivity contribution < 1.29 is 4.79 Å². The van der Waals surface area contributed by atoms with Crippen molar-refractivity contribution in [2.75, 3.05) is 0 Å². The number of carbonyl (C=O) groups excluding carboxylic acids is 1. The van der Waals surface area contributed by atoms with Gasteiger partial charge in [0.25, 0.3) is 0 Å². The third kappa shape index (κ3) is 0.879. The number of carbonyl (C=O) groups is 1. The minimum Gasteiger partial charge on any atom is -0.300 e. The van der Waals surface area contributed by atoms with Gasteiger partial charge >= 0.3 is 0 Å². The maximum Gasteiger partial charge on any atom is 0.134 e. The van der Waals surface area contributed by atoms with E-state index in [2.05, 4.69) is 24.3 Å². The van der Waals surface area contributed by atoms with Gasteiger partial charge in [-0.25, -0.2) is 0 Å². The second-order valence-electron chi connectivity index (χ2n) is 5.21. The third-order valence-electron chi connectivity index (χ3n) is 4.56. The van der Waals surface area contributed by atoms with Crippen LogP contribution in [-0.2, 0) is 4.79 Å². The maximum atomic E-state index is 11.7. The lowest BCUT2D eigenvalue weighted by atomic mass is 9.55. The number of rotatable bonds is 0. The molecule has 14 heavy (non-hydrogen) atoms. The Hall–Kier alpha value is -0.850. The van der Waals surface area contributed by atoms with Crippen molar-refractivity contribution in [2.24, 2.45) is 10.8 Å². The smallest absolute Gasteiger partial charge is 0.134 e. The van der Waals surface area contributed by atoms with E-state index >= 15 is 0 Å². The molecule has 1 heteroatoms. The minimum absolute atomic E-state index is 0.313. The van der Waals surface area contributed by atoms with E-state index in [9.17, 15) is 4.79 Å². The van der Waals surface area contributed by atoms with E-state index in [-0.39, 0.29) is 0 Å². The molecule has 0 N–H and O–H groups in total. The second kappa shape index (κ2) is 2.59. The molecule has 74 valence electrons. The maximum absolute atomic E-state index is 11.7. The molecule has 0 spiro atoms. The molecule has 1 saturated carbocycles. The van der Waals surface area contributed by atoms with Crippen molar-refractivity contribution >= 4 is 5.78 Å². The first-order chi connectivity index (χ1) is 6.77. The number of Topliss-reactive ketones (excluding diaryl/α,β-unsaturated/α-hetero) is 1. The number of hydrogen-bond donors (Lipinski definition) is 0. The Kier molecular flexibility index (Phi) is 1.56. The predicted molar refractivity (Wildman–Crippen MR) is 55.9 cm³/mol. The van der Waals surface area contributed by atoms with Gasteiger partial charge in [-0.1, -0.05) is 24.3 Å². The molecule has 0 aromatic rings. The Balaban J connectivity index is 2.10. The van der Waals surface area contributed by atoms with Crippen molar-refractivity contribution in [2.45, 2.75) is 38.5 Å². The van der Waals surface area contributed by atoms with E-state index in [1.807, 2.05) is 0 Å². The molecular weight excluding hydrogens is 172 g/mol. The van der Waals surface area contributed by atoms with E-state index < -0.39 is 0 Å². The van der Waals surface area contributed by atoms with Crippen LogP contribution in [0.3, 0.4) is 0 Å². The Morgan fingerprint density at radius 3 is 1.50 bits per heavy atom. The van der Waals surface area contributed by atoms with E-state index in [0.717, 1.165) is 38.5 Å². The van der Waals surface area contributed by atoms with Crippen LogP contribution in [0, 0.1) is 10.8 Å². The molecule has 0 amide bonds. The molecule has 1 fully saturated rings. The first-order valence-corrected chi connectivity index (χ1v) is 5.58. The molecule has 3 aliphatic carbocycles. The first kappa shape index (κ1) is 8.46. The molecule has 0 saturated heterocycles. The van der Waals surface area contributed by atoms with Gasteiger partial charge in [0.15, 0.2) is 0 Å². The van der Waals surface area contributed by atoms with Crippen LogP contribution >= 0.6 is 0 Å². The largest absolute Gasteiger partial charge is 0.300 e. The van der Waals surface area contributed by atoms with E-state index in [1.165, 1.54) is 0 Å². The highest BCUT2D eigenvalue weighted by Gasteiger charge is 2.57. The number of hydrogen-bond acceptors (Lipinski definition) is 1. The van der Waals surface area contributed by atoms with Crippen LogP contribution in [-0.4, -0.2) is 5.78 Å². The summed E-state index contributed by atoms with van der Waals surface area (Å²) in [6.07, 6.45) is 15.3. The number of ketones is 1. The van der Waals surface area contributed by atoms with Gasteiger partial charge in [-0.3, -0.25) is 4.79 Å². The van der Waals surface area contributed by atoms with Crippen LogP contribution in [0.25, 0.3) is 0 Å². The molecule has 1 nitrogen and oxygen atoms in total. The predicted octanol–water partition coefficient (Wildman–Crippen LogP) is 3.02. The summed E-state index contributed by atoms with van der Waals surface area (Å²) < 4.78 is 0. The monoisotopic (exact) mass is 188 g/mol. The molecular formula is C13H16O. The highest BCUT2D eigenvalue weighted by atomic mass is 16.1. The number of allylic oxidation sites excluding steroid dienone is 4. The summed E-state index contributed by atoms with van der Waals surface area (Å²) in [5.41, 5.74) is 0.626. The molecule has 0 bridgehead atoms. The summed E-state index contributed by atoms with van der Waals surface area (Å²) >= 11 is 0. The lowest BCUT2D eigenvalue weighted by molar-refractivity contribution is -0.118. The molecule has 0 atom stereocenters. The summed E-state index contributed by atoms with van der Waals surface area (Å²) in [5, 5.41) is 0. The summed E-state index contributed by atoms with van der Waals surface area (Å²) in [5.74, 6) is 0.498. The third-order valence-corrected chi connectivity index (χ3v) is 4.56. The van der Waals surface area contributed by atoms with Gasteiger partial charge in [-0.15, -0.1) is 0 Å². The fourth-order valence-electron chi connectivity index (χ4n) is 3.75. The zero-order valence-corrected chi connectivity index (χ0v) is 8.46. The Bertz CT molecular complexity index is 287. The second-order valence-corrected chi connectivity index (χ2v) is 5.21. The Morgan fingerprint density at radius 1 is 0.786 bits per heavy atom. The van der Waals surface area contributed by atoms with Gasteiger partial charge in [0.1, 0.15) is 5.78 Å². The zero-order valence-electron chi connectivity index (χ0n) is 8.46. The van der Waals surface area contributed by atoms with Crippen LogP contribution in [0.1, 0.15) is 38.5 Å². The van der Waals surface area contributed by atoms with Gasteiger partial charge in [0.05, 0.1) is 0 Å². The van der Waals surface area contributed by atoms with Crippen LogP contribution in [0.2, 0.25) is 0 Å². The van der Waals surface area contributed by atoms with E-state index in [0.29, 0.717) is 16.6 Å². The molecule has 0 heterocycles. The summed E-state index contributed by atoms with van der Waals surface area (Å²) in [6, 6.07) is 0. The molecule has 0 unspecified atom stereocenters. The fraction of sp³-hybridized carbons (Fsp3) is 0.615. The highest BCUT2D eigenvalue weighted by molar-refractivity contribution is 5.83. The molecule has 3 aliphatic rings. The van der Waals surface area contributed by atoms with Gasteiger partial charge < -0.3 is 0 Å². The zero-order chi connectivity index (χ0) is 9.65. The Labute approximate surface area is 84.9 Å². The molecule has 0 aliphatic heterocycles. The molecule has 0 aromatic heterocycles. The van der Waals surface area contributed by atoms with Crippen LogP contribution in [0.4, 0.5) is 0 Å². The summed E-state index contributed by atoms with van der Waals surface area (Å²) in [4.78, 5) is 11.7.